The highest BCUT2D eigenvalue weighted by Gasteiger charge is 2.34. The van der Waals surface area contributed by atoms with Crippen molar-refractivity contribution in [1.29, 1.82) is 0 Å². The quantitative estimate of drug-likeness (QED) is 0.415. The molecular weight excluding hydrogens is 438 g/mol. The molecule has 4 aromatic rings. The minimum atomic E-state index is -0.863. The molecule has 1 aliphatic heterocycles. The van der Waals surface area contributed by atoms with Gasteiger partial charge in [-0.1, -0.05) is 23.7 Å². The summed E-state index contributed by atoms with van der Waals surface area (Å²) in [7, 11) is 0. The van der Waals surface area contributed by atoms with Crippen molar-refractivity contribution < 1.29 is 9.90 Å². The van der Waals surface area contributed by atoms with Crippen molar-refractivity contribution in [1.82, 2.24) is 14.6 Å². The summed E-state index contributed by atoms with van der Waals surface area (Å²) in [6.07, 6.45) is 3.08. The lowest BCUT2D eigenvalue weighted by molar-refractivity contribution is 0.0118. The van der Waals surface area contributed by atoms with Gasteiger partial charge in [0.25, 0.3) is 0 Å². The number of fused-ring (bicyclic) bond motifs is 1. The van der Waals surface area contributed by atoms with E-state index in [1.54, 1.807) is 23.6 Å². The molecule has 0 radical (unpaired) electrons. The second kappa shape index (κ2) is 8.50. The zero-order valence-electron chi connectivity index (χ0n) is 18.2. The Balaban J connectivity index is 1.34. The number of piperidine rings is 1. The number of benzene rings is 2. The zero-order chi connectivity index (χ0) is 23.0. The number of nitrogens with one attached hydrogen (secondary N) is 1. The topological polar surface area (TPSA) is 82.8 Å². The van der Waals surface area contributed by atoms with E-state index >= 15 is 0 Å². The van der Waals surface area contributed by atoms with Crippen molar-refractivity contribution in [2.24, 2.45) is 0 Å². The maximum absolute atomic E-state index is 11.5. The van der Waals surface area contributed by atoms with Crippen LogP contribution in [-0.2, 0) is 5.60 Å². The number of ketones is 1. The maximum atomic E-state index is 11.5. The first-order chi connectivity index (χ1) is 15.9. The first kappa shape index (κ1) is 21.4. The second-order valence-corrected chi connectivity index (χ2v) is 8.82. The molecule has 5 rings (SSSR count). The van der Waals surface area contributed by atoms with Crippen molar-refractivity contribution in [2.75, 3.05) is 23.3 Å². The molecule has 0 atom stereocenters. The summed E-state index contributed by atoms with van der Waals surface area (Å²) in [5, 5.41) is 19.6. The minimum absolute atomic E-state index is 0.0292. The standard InChI is InChI=1S/C25H24ClN5O2/c1-17(32)18-4-10-21(11-5-18)27-24-28-23-22(3-2-14-31(23)29-24)30-15-12-25(33,13-16-30)19-6-8-20(26)9-7-19/h2-11,14,33H,12-13,15-16H2,1H3,(H,27,29). The van der Waals surface area contributed by atoms with Gasteiger partial charge in [-0.3, -0.25) is 4.79 Å². The van der Waals surface area contributed by atoms with Gasteiger partial charge in [-0.25, -0.2) is 4.52 Å². The molecule has 0 amide bonds. The van der Waals surface area contributed by atoms with Gasteiger partial charge in [0.1, 0.15) is 0 Å². The van der Waals surface area contributed by atoms with E-state index < -0.39 is 5.60 Å². The third-order valence-corrected chi connectivity index (χ3v) is 6.45. The molecule has 0 bridgehead atoms. The Morgan fingerprint density at radius 3 is 2.42 bits per heavy atom. The fourth-order valence-corrected chi connectivity index (χ4v) is 4.40. The van der Waals surface area contributed by atoms with Crippen LogP contribution < -0.4 is 10.2 Å². The molecule has 2 aromatic carbocycles. The molecule has 0 saturated carbocycles. The van der Waals surface area contributed by atoms with Crippen molar-refractivity contribution in [2.45, 2.75) is 25.4 Å². The number of rotatable bonds is 5. The number of carbonyl (C=O) groups is 1. The lowest BCUT2D eigenvalue weighted by atomic mass is 9.84. The number of halogens is 1. The molecule has 1 aliphatic rings. The zero-order valence-corrected chi connectivity index (χ0v) is 19.0. The van der Waals surface area contributed by atoms with Crippen LogP contribution in [0.2, 0.25) is 5.02 Å². The third kappa shape index (κ3) is 4.29. The van der Waals surface area contributed by atoms with Gasteiger partial charge < -0.3 is 15.3 Å². The Labute approximate surface area is 196 Å². The predicted octanol–water partition coefficient (Wildman–Crippen LogP) is 4.82. The second-order valence-electron chi connectivity index (χ2n) is 8.38. The fourth-order valence-electron chi connectivity index (χ4n) is 4.28. The van der Waals surface area contributed by atoms with Crippen LogP contribution in [0.3, 0.4) is 0 Å². The van der Waals surface area contributed by atoms with Crippen LogP contribution in [0.5, 0.6) is 0 Å². The predicted molar refractivity (Wildman–Crippen MR) is 130 cm³/mol. The summed E-state index contributed by atoms with van der Waals surface area (Å²) in [5.74, 6) is 0.509. The number of anilines is 3. The van der Waals surface area contributed by atoms with Gasteiger partial charge in [-0.2, -0.15) is 4.98 Å². The van der Waals surface area contributed by atoms with E-state index in [2.05, 4.69) is 15.3 Å². The molecule has 1 saturated heterocycles. The van der Waals surface area contributed by atoms with Gasteiger partial charge in [-0.15, -0.1) is 5.10 Å². The number of Topliss-reactive ketones (excluding diaryl/α,β-unsaturated/α-hetero) is 1. The van der Waals surface area contributed by atoms with Gasteiger partial charge in [0, 0.05) is 35.6 Å². The first-order valence-electron chi connectivity index (χ1n) is 10.9. The average Bonchev–Trinajstić information content (AvgIpc) is 3.23. The average molecular weight is 462 g/mol. The van der Waals surface area contributed by atoms with Crippen LogP contribution in [0.15, 0.2) is 66.9 Å². The van der Waals surface area contributed by atoms with Crippen molar-refractivity contribution in [3.8, 4) is 0 Å². The van der Waals surface area contributed by atoms with E-state index in [0.29, 0.717) is 42.5 Å². The molecule has 2 aromatic heterocycles. The Kier molecular flexibility index (Phi) is 5.52. The smallest absolute Gasteiger partial charge is 0.247 e. The molecule has 0 aliphatic carbocycles. The number of aromatic nitrogens is 3. The summed E-state index contributed by atoms with van der Waals surface area (Å²) in [4.78, 5) is 18.4. The van der Waals surface area contributed by atoms with Crippen LogP contribution in [0.1, 0.15) is 35.7 Å². The van der Waals surface area contributed by atoms with Crippen molar-refractivity contribution in [3.63, 3.8) is 0 Å². The van der Waals surface area contributed by atoms with Crippen LogP contribution in [-0.4, -0.2) is 38.6 Å². The Morgan fingerprint density at radius 1 is 1.06 bits per heavy atom. The van der Waals surface area contributed by atoms with Crippen LogP contribution in [0.25, 0.3) is 5.65 Å². The van der Waals surface area contributed by atoms with E-state index in [1.165, 1.54) is 0 Å². The molecule has 8 heteroatoms. The van der Waals surface area contributed by atoms with Crippen LogP contribution >= 0.6 is 11.6 Å². The number of hydrogen-bond donors (Lipinski definition) is 2. The largest absolute Gasteiger partial charge is 0.385 e. The number of carbonyl (C=O) groups excluding carboxylic acids is 1. The first-order valence-corrected chi connectivity index (χ1v) is 11.3. The summed E-state index contributed by atoms with van der Waals surface area (Å²) < 4.78 is 1.75. The van der Waals surface area contributed by atoms with Gasteiger partial charge in [0.15, 0.2) is 11.4 Å². The molecule has 1 fully saturated rings. The third-order valence-electron chi connectivity index (χ3n) is 6.20. The normalized spacial score (nSPS) is 15.5. The summed E-state index contributed by atoms with van der Waals surface area (Å²) in [5.41, 5.74) is 3.23. The van der Waals surface area contributed by atoms with Gasteiger partial charge in [-0.05, 0) is 73.9 Å². The van der Waals surface area contributed by atoms with Crippen LogP contribution in [0.4, 0.5) is 17.3 Å². The van der Waals surface area contributed by atoms with Crippen molar-refractivity contribution in [3.05, 3.63) is 83.0 Å². The van der Waals surface area contributed by atoms with E-state index in [1.807, 2.05) is 54.7 Å². The van der Waals surface area contributed by atoms with E-state index in [0.717, 1.165) is 22.6 Å². The van der Waals surface area contributed by atoms with E-state index in [4.69, 9.17) is 16.6 Å². The van der Waals surface area contributed by atoms with E-state index in [9.17, 15) is 9.90 Å². The number of hydrogen-bond acceptors (Lipinski definition) is 6. The number of aliphatic hydroxyl groups is 1. The fraction of sp³-hybridized carbons (Fsp3) is 0.240. The van der Waals surface area contributed by atoms with Gasteiger partial charge >= 0.3 is 0 Å². The maximum Gasteiger partial charge on any atom is 0.247 e. The van der Waals surface area contributed by atoms with Gasteiger partial charge in [0.05, 0.1) is 11.3 Å². The molecule has 0 unspecified atom stereocenters. The molecule has 0 spiro atoms. The lowest BCUT2D eigenvalue weighted by Crippen LogP contribution is -2.42. The van der Waals surface area contributed by atoms with E-state index in [-0.39, 0.29) is 5.78 Å². The number of pyridine rings is 1. The minimum Gasteiger partial charge on any atom is -0.385 e. The molecule has 3 heterocycles. The molecule has 2 N–H and O–H groups in total. The Morgan fingerprint density at radius 2 is 1.76 bits per heavy atom. The monoisotopic (exact) mass is 461 g/mol. The van der Waals surface area contributed by atoms with Gasteiger partial charge in [0.2, 0.25) is 5.95 Å². The Bertz CT molecular complexity index is 1290. The Hall–Kier alpha value is -3.42. The van der Waals surface area contributed by atoms with Crippen LogP contribution in [0, 0.1) is 0 Å². The lowest BCUT2D eigenvalue weighted by Gasteiger charge is -2.39. The van der Waals surface area contributed by atoms with Crippen molar-refractivity contribution >= 4 is 40.4 Å². The highest BCUT2D eigenvalue weighted by Crippen LogP contribution is 2.36. The molecule has 33 heavy (non-hydrogen) atoms. The highest BCUT2D eigenvalue weighted by atomic mass is 35.5. The molecular formula is C25H24ClN5O2. The SMILES string of the molecule is CC(=O)c1ccc(Nc2nc3c(N4CCC(O)(c5ccc(Cl)cc5)CC4)cccn3n2)cc1. The molecule has 168 valence electrons. The molecule has 7 nitrogen and oxygen atoms in total. The number of nitrogens with zero attached hydrogens (tertiary/aromatic N) is 4. The highest BCUT2D eigenvalue weighted by molar-refractivity contribution is 6.30. The summed E-state index contributed by atoms with van der Waals surface area (Å²) in [6.45, 7) is 2.94. The summed E-state index contributed by atoms with van der Waals surface area (Å²) in [6, 6.07) is 18.7. The summed E-state index contributed by atoms with van der Waals surface area (Å²) >= 11 is 6.00.